The standard InChI is InChI=1S/C20H14ClNO5/c21-14-8-4-13(5-9-14)20-17-3-1-2-16(17)19(27-20,18(23)26-20)12-6-10-15(11-7-12)22(24)25/h1-2,4-11,16-17H,3H2/t16-,17+,19-,20+/m1/s1. The molecule has 0 radical (unpaired) electrons. The van der Waals surface area contributed by atoms with Crippen molar-refractivity contribution in [1.29, 1.82) is 0 Å². The Morgan fingerprint density at radius 2 is 1.74 bits per heavy atom. The fourth-order valence-corrected chi connectivity index (χ4v) is 4.67. The zero-order valence-corrected chi connectivity index (χ0v) is 14.8. The summed E-state index contributed by atoms with van der Waals surface area (Å²) < 4.78 is 12.2. The summed E-state index contributed by atoms with van der Waals surface area (Å²) in [5, 5.41) is 11.5. The van der Waals surface area contributed by atoms with Gasteiger partial charge in [-0.25, -0.2) is 4.79 Å². The van der Waals surface area contributed by atoms with Gasteiger partial charge < -0.3 is 9.47 Å². The molecule has 4 atom stereocenters. The van der Waals surface area contributed by atoms with Gasteiger partial charge in [0, 0.05) is 34.6 Å². The molecule has 0 unspecified atom stereocenters. The first-order valence-corrected chi connectivity index (χ1v) is 8.96. The van der Waals surface area contributed by atoms with Crippen molar-refractivity contribution in [1.82, 2.24) is 0 Å². The van der Waals surface area contributed by atoms with Crippen LogP contribution in [0.5, 0.6) is 0 Å². The molecule has 2 heterocycles. The number of carbonyl (C=O) groups excluding carboxylic acids is 1. The minimum Gasteiger partial charge on any atom is -0.426 e. The Labute approximate surface area is 159 Å². The van der Waals surface area contributed by atoms with Gasteiger partial charge in [-0.3, -0.25) is 10.1 Å². The predicted octanol–water partition coefficient (Wildman–Crippen LogP) is 4.08. The Kier molecular flexibility index (Phi) is 3.30. The van der Waals surface area contributed by atoms with Crippen molar-refractivity contribution < 1.29 is 19.2 Å². The van der Waals surface area contributed by atoms with E-state index in [2.05, 4.69) is 0 Å². The molecule has 1 aliphatic carbocycles. The van der Waals surface area contributed by atoms with Crippen LogP contribution in [-0.2, 0) is 25.7 Å². The molecule has 0 saturated carbocycles. The topological polar surface area (TPSA) is 78.7 Å². The minimum absolute atomic E-state index is 0.0398. The van der Waals surface area contributed by atoms with Gasteiger partial charge in [0.05, 0.1) is 4.92 Å². The quantitative estimate of drug-likeness (QED) is 0.345. The fraction of sp³-hybridized carbons (Fsp3) is 0.250. The van der Waals surface area contributed by atoms with Crippen LogP contribution >= 0.6 is 11.6 Å². The predicted molar refractivity (Wildman–Crippen MR) is 95.8 cm³/mol. The molecule has 27 heavy (non-hydrogen) atoms. The third kappa shape index (κ3) is 2.02. The maximum absolute atomic E-state index is 13.0. The number of carbonyl (C=O) groups is 1. The number of allylic oxidation sites excluding steroid dienone is 1. The SMILES string of the molecule is O=C1O[C@@]2(c3ccc(Cl)cc3)O[C@]1(c1ccc([N+](=O)[O-])cc1)[C@@H]1C=CC[C@@H]12. The van der Waals surface area contributed by atoms with Gasteiger partial charge in [0.2, 0.25) is 11.4 Å². The van der Waals surface area contributed by atoms with Crippen molar-refractivity contribution in [3.8, 4) is 0 Å². The van der Waals surface area contributed by atoms with Crippen LogP contribution in [0.4, 0.5) is 5.69 Å². The average Bonchev–Trinajstić information content (AvgIpc) is 3.33. The molecule has 2 aromatic carbocycles. The maximum Gasteiger partial charge on any atom is 0.346 e. The van der Waals surface area contributed by atoms with Crippen LogP contribution in [0.15, 0.2) is 60.7 Å². The van der Waals surface area contributed by atoms with E-state index in [0.717, 1.165) is 12.0 Å². The van der Waals surface area contributed by atoms with E-state index in [0.29, 0.717) is 10.6 Å². The summed E-state index contributed by atoms with van der Waals surface area (Å²) in [6.45, 7) is 0. The highest BCUT2D eigenvalue weighted by molar-refractivity contribution is 6.30. The smallest absolute Gasteiger partial charge is 0.346 e. The van der Waals surface area contributed by atoms with Crippen LogP contribution < -0.4 is 0 Å². The molecule has 7 heteroatoms. The average molecular weight is 384 g/mol. The Hall–Kier alpha value is -2.70. The normalized spacial score (nSPS) is 33.1. The summed E-state index contributed by atoms with van der Waals surface area (Å²) in [7, 11) is 0. The number of benzene rings is 2. The lowest BCUT2D eigenvalue weighted by Gasteiger charge is -2.34. The van der Waals surface area contributed by atoms with Gasteiger partial charge in [-0.2, -0.15) is 0 Å². The number of nitro groups is 1. The third-order valence-corrected chi connectivity index (χ3v) is 5.99. The summed E-state index contributed by atoms with van der Waals surface area (Å²) in [5.41, 5.74) is -0.0397. The number of nitrogens with zero attached hydrogens (tertiary/aromatic N) is 1. The number of hydrogen-bond acceptors (Lipinski definition) is 5. The van der Waals surface area contributed by atoms with Gasteiger partial charge in [-0.15, -0.1) is 0 Å². The highest BCUT2D eigenvalue weighted by Crippen LogP contribution is 2.66. The van der Waals surface area contributed by atoms with Crippen molar-refractivity contribution in [2.75, 3.05) is 0 Å². The van der Waals surface area contributed by atoms with Gasteiger partial charge in [0.1, 0.15) is 0 Å². The van der Waals surface area contributed by atoms with E-state index >= 15 is 0 Å². The van der Waals surface area contributed by atoms with Gasteiger partial charge >= 0.3 is 5.97 Å². The van der Waals surface area contributed by atoms with Gasteiger partial charge in [-0.1, -0.05) is 35.9 Å². The number of non-ortho nitro benzene ring substituents is 1. The molecule has 0 N–H and O–H groups in total. The zero-order valence-electron chi connectivity index (χ0n) is 14.0. The highest BCUT2D eigenvalue weighted by atomic mass is 35.5. The molecule has 6 nitrogen and oxygen atoms in total. The number of rotatable bonds is 3. The molecule has 136 valence electrons. The summed E-state index contributed by atoms with van der Waals surface area (Å²) in [6, 6.07) is 13.0. The van der Waals surface area contributed by atoms with Crippen LogP contribution in [0.25, 0.3) is 0 Å². The van der Waals surface area contributed by atoms with E-state index in [1.807, 2.05) is 24.3 Å². The van der Waals surface area contributed by atoms with E-state index in [-0.39, 0.29) is 17.5 Å². The molecule has 5 rings (SSSR count). The second kappa shape index (κ2) is 5.41. The van der Waals surface area contributed by atoms with E-state index in [1.54, 1.807) is 24.3 Å². The molecule has 0 spiro atoms. The van der Waals surface area contributed by atoms with Crippen LogP contribution in [0.2, 0.25) is 5.02 Å². The molecule has 3 aliphatic rings. The largest absolute Gasteiger partial charge is 0.426 e. The van der Waals surface area contributed by atoms with Crippen molar-refractivity contribution >= 4 is 23.3 Å². The molecular formula is C20H14ClNO5. The first-order chi connectivity index (χ1) is 13.0. The Bertz CT molecular complexity index is 986. The first kappa shape index (κ1) is 16.5. The molecule has 2 aliphatic heterocycles. The summed E-state index contributed by atoms with van der Waals surface area (Å²) in [4.78, 5) is 23.5. The second-order valence-electron chi connectivity index (χ2n) is 7.00. The first-order valence-electron chi connectivity index (χ1n) is 8.58. The van der Waals surface area contributed by atoms with Crippen molar-refractivity contribution in [3.05, 3.63) is 86.9 Å². The summed E-state index contributed by atoms with van der Waals surface area (Å²) in [6.07, 6.45) is 4.74. The summed E-state index contributed by atoms with van der Waals surface area (Å²) >= 11 is 6.00. The number of esters is 1. The van der Waals surface area contributed by atoms with E-state index in [9.17, 15) is 14.9 Å². The molecule has 0 aromatic heterocycles. The molecule has 2 fully saturated rings. The maximum atomic E-state index is 13.0. The Morgan fingerprint density at radius 3 is 2.41 bits per heavy atom. The molecule has 2 aromatic rings. The van der Waals surface area contributed by atoms with Gasteiger partial charge in [0.15, 0.2) is 0 Å². The third-order valence-electron chi connectivity index (χ3n) is 5.74. The van der Waals surface area contributed by atoms with Crippen LogP contribution in [0, 0.1) is 22.0 Å². The second-order valence-corrected chi connectivity index (χ2v) is 7.44. The number of fused-ring (bicyclic) bond motifs is 5. The fourth-order valence-electron chi connectivity index (χ4n) is 4.55. The van der Waals surface area contributed by atoms with Gasteiger partial charge in [-0.05, 0) is 36.2 Å². The highest BCUT2D eigenvalue weighted by Gasteiger charge is 2.75. The lowest BCUT2D eigenvalue weighted by molar-refractivity contribution is -0.384. The van der Waals surface area contributed by atoms with Crippen LogP contribution in [-0.4, -0.2) is 10.9 Å². The molecular weight excluding hydrogens is 370 g/mol. The number of nitro benzene ring substituents is 1. The molecule has 2 saturated heterocycles. The zero-order chi connectivity index (χ0) is 18.8. The lowest BCUT2D eigenvalue weighted by atomic mass is 9.73. The van der Waals surface area contributed by atoms with Crippen LogP contribution in [0.3, 0.4) is 0 Å². The van der Waals surface area contributed by atoms with Crippen LogP contribution in [0.1, 0.15) is 17.5 Å². The Morgan fingerprint density at radius 1 is 1.07 bits per heavy atom. The van der Waals surface area contributed by atoms with Crippen molar-refractivity contribution in [3.63, 3.8) is 0 Å². The van der Waals surface area contributed by atoms with Crippen molar-refractivity contribution in [2.45, 2.75) is 17.8 Å². The molecule has 0 amide bonds. The van der Waals surface area contributed by atoms with E-state index in [1.165, 1.54) is 12.1 Å². The van der Waals surface area contributed by atoms with Gasteiger partial charge in [0.25, 0.3) is 5.69 Å². The lowest BCUT2D eigenvalue weighted by Crippen LogP contribution is -2.44. The molecule has 2 bridgehead atoms. The summed E-state index contributed by atoms with van der Waals surface area (Å²) in [5.74, 6) is -1.92. The Balaban J connectivity index is 1.65. The number of hydrogen-bond donors (Lipinski definition) is 0. The number of halogens is 1. The van der Waals surface area contributed by atoms with E-state index < -0.39 is 22.3 Å². The monoisotopic (exact) mass is 383 g/mol. The van der Waals surface area contributed by atoms with E-state index in [4.69, 9.17) is 21.1 Å². The number of ether oxygens (including phenoxy) is 2. The minimum atomic E-state index is -1.30. The van der Waals surface area contributed by atoms with Crippen molar-refractivity contribution in [2.24, 2.45) is 11.8 Å².